The van der Waals surface area contributed by atoms with Gasteiger partial charge in [-0.15, -0.1) is 0 Å². The van der Waals surface area contributed by atoms with Gasteiger partial charge in [-0.2, -0.15) is 0 Å². The molecule has 1 spiro atoms. The Morgan fingerprint density at radius 3 is 2.74 bits per heavy atom. The summed E-state index contributed by atoms with van der Waals surface area (Å²) in [6.45, 7) is 2.69. The van der Waals surface area contributed by atoms with Gasteiger partial charge in [-0.05, 0) is 36.1 Å². The van der Waals surface area contributed by atoms with Gasteiger partial charge in [0.15, 0.2) is 12.0 Å². The Balaban J connectivity index is 0.00000229. The van der Waals surface area contributed by atoms with Gasteiger partial charge in [0.05, 0.1) is 30.7 Å². The molecule has 1 saturated carbocycles. The topological polar surface area (TPSA) is 83.1 Å². The number of piperidine rings is 4. The fourth-order valence-corrected chi connectivity index (χ4v) is 9.65. The standard InChI is InChI=1S/C27H33N2O5.ClH/c1-4-15-16-11-19-23-27(17-7-5-6-8-18(17)28(23)2)12-20(22(16)24(27)30)29(19,25(15)31)13-14-9-10-21(34-14)26(32)33-3;/h5-10,15-16,19-20,22-25,30-31H,4,11-13H2,1-3H3;1H/q+1;/p-1/t15-,16-,19?,20-,22?,23-,24-,25+,27?,29?;/m0./s1. The van der Waals surface area contributed by atoms with Crippen molar-refractivity contribution >= 4 is 11.7 Å². The highest BCUT2D eigenvalue weighted by Crippen LogP contribution is 2.71. The predicted octanol–water partition coefficient (Wildman–Crippen LogP) is -0.347. The first kappa shape index (κ1) is 23.3. The Kier molecular flexibility index (Phi) is 4.99. The number of quaternary nitrogens is 1. The summed E-state index contributed by atoms with van der Waals surface area (Å²) in [7, 11) is 3.51. The van der Waals surface area contributed by atoms with Crippen molar-refractivity contribution in [3.05, 3.63) is 53.5 Å². The van der Waals surface area contributed by atoms with Crippen molar-refractivity contribution in [1.29, 1.82) is 0 Å². The van der Waals surface area contributed by atoms with Gasteiger partial charge in [0.25, 0.3) is 0 Å². The van der Waals surface area contributed by atoms with E-state index in [9.17, 15) is 15.0 Å². The molecule has 8 heteroatoms. The van der Waals surface area contributed by atoms with Crippen LogP contribution in [0.3, 0.4) is 0 Å². The minimum Gasteiger partial charge on any atom is -1.00 e. The van der Waals surface area contributed by atoms with Crippen LogP contribution in [0.15, 0.2) is 40.8 Å². The number of rotatable bonds is 4. The molecule has 10 atom stereocenters. The zero-order valence-corrected chi connectivity index (χ0v) is 21.1. The summed E-state index contributed by atoms with van der Waals surface area (Å²) < 4.78 is 11.3. The number of fused-ring (bicyclic) bond motifs is 2. The van der Waals surface area contributed by atoms with E-state index in [0.29, 0.717) is 22.7 Å². The molecule has 5 fully saturated rings. The molecule has 1 aromatic heterocycles. The monoisotopic (exact) mass is 500 g/mol. The molecule has 1 aromatic carbocycles. The lowest BCUT2D eigenvalue weighted by Gasteiger charge is -2.67. The summed E-state index contributed by atoms with van der Waals surface area (Å²) in [5.41, 5.74) is 2.20. The average Bonchev–Trinajstić information content (AvgIpc) is 3.47. The van der Waals surface area contributed by atoms with E-state index < -0.39 is 18.3 Å². The van der Waals surface area contributed by atoms with Crippen LogP contribution < -0.4 is 17.3 Å². The molecule has 4 saturated heterocycles. The number of likely N-dealkylation sites (N-methyl/N-ethyl adjacent to an activating group) is 1. The molecular formula is C27H33ClN2O5. The van der Waals surface area contributed by atoms with E-state index in [4.69, 9.17) is 9.15 Å². The zero-order valence-electron chi connectivity index (χ0n) is 20.3. The largest absolute Gasteiger partial charge is 1.00 e. The number of nitrogens with zero attached hydrogens (tertiary/aromatic N) is 2. The first-order valence-electron chi connectivity index (χ1n) is 12.6. The van der Waals surface area contributed by atoms with Gasteiger partial charge in [0.2, 0.25) is 5.76 Å². The molecule has 4 unspecified atom stereocenters. The lowest BCUT2D eigenvalue weighted by Crippen LogP contribution is -3.00. The number of carbonyl (C=O) groups is 1. The van der Waals surface area contributed by atoms with Crippen LogP contribution in [-0.4, -0.2) is 65.3 Å². The number of aliphatic hydroxyl groups excluding tert-OH is 2. The number of methoxy groups -OCH3 is 1. The average molecular weight is 501 g/mol. The third-order valence-corrected chi connectivity index (χ3v) is 10.6. The number of aliphatic hydroxyl groups is 2. The molecule has 5 aliphatic heterocycles. The molecule has 0 amide bonds. The highest BCUT2D eigenvalue weighted by atomic mass is 35.5. The van der Waals surface area contributed by atoms with Gasteiger partial charge in [-0.1, -0.05) is 25.1 Å². The quantitative estimate of drug-likeness (QED) is 0.441. The van der Waals surface area contributed by atoms with Crippen LogP contribution in [-0.2, 0) is 16.7 Å². The van der Waals surface area contributed by atoms with Crippen molar-refractivity contribution in [1.82, 2.24) is 0 Å². The second-order valence-corrected chi connectivity index (χ2v) is 11.3. The van der Waals surface area contributed by atoms with E-state index in [2.05, 4.69) is 43.1 Å². The van der Waals surface area contributed by atoms with Gasteiger partial charge in [-0.25, -0.2) is 4.79 Å². The summed E-state index contributed by atoms with van der Waals surface area (Å²) in [4.78, 5) is 14.4. The molecule has 6 aliphatic rings. The number of para-hydroxylation sites is 1. The Morgan fingerprint density at radius 2 is 2.00 bits per heavy atom. The number of furan rings is 1. The van der Waals surface area contributed by atoms with Gasteiger partial charge >= 0.3 is 5.97 Å². The first-order chi connectivity index (χ1) is 16.4. The number of esters is 1. The third kappa shape index (κ3) is 2.46. The van der Waals surface area contributed by atoms with Crippen molar-refractivity contribution in [2.45, 2.75) is 68.6 Å². The maximum absolute atomic E-state index is 12.1. The number of benzene rings is 1. The van der Waals surface area contributed by atoms with Crippen LogP contribution in [0.2, 0.25) is 0 Å². The molecule has 2 aromatic rings. The maximum Gasteiger partial charge on any atom is 0.373 e. The van der Waals surface area contributed by atoms with E-state index in [1.165, 1.54) is 18.4 Å². The van der Waals surface area contributed by atoms with Crippen molar-refractivity contribution < 1.29 is 41.1 Å². The third-order valence-electron chi connectivity index (χ3n) is 10.6. The van der Waals surface area contributed by atoms with Gasteiger partial charge in [0, 0.05) is 37.4 Å². The molecule has 6 heterocycles. The number of carbonyl (C=O) groups excluding carboxylic acids is 1. The number of hydrogen-bond donors (Lipinski definition) is 2. The number of ether oxygens (including phenoxy) is 1. The molecule has 5 bridgehead atoms. The Labute approximate surface area is 211 Å². The normalized spacial score (nSPS) is 43.6. The highest BCUT2D eigenvalue weighted by Gasteiger charge is 2.83. The summed E-state index contributed by atoms with van der Waals surface area (Å²) in [5, 5.41) is 24.1. The minimum atomic E-state index is -0.512. The molecular weight excluding hydrogens is 468 g/mol. The summed E-state index contributed by atoms with van der Waals surface area (Å²) in [6, 6.07) is 12.6. The van der Waals surface area contributed by atoms with E-state index in [1.807, 2.05) is 6.07 Å². The van der Waals surface area contributed by atoms with Crippen LogP contribution in [0.25, 0.3) is 0 Å². The fourth-order valence-electron chi connectivity index (χ4n) is 9.65. The Hall–Kier alpha value is -2.06. The molecule has 7 nitrogen and oxygen atoms in total. The second-order valence-electron chi connectivity index (χ2n) is 11.3. The summed E-state index contributed by atoms with van der Waals surface area (Å²) in [5.74, 6) is 1.04. The van der Waals surface area contributed by atoms with Crippen LogP contribution in [0.1, 0.15) is 48.1 Å². The number of anilines is 1. The predicted molar refractivity (Wildman–Crippen MR) is 124 cm³/mol. The van der Waals surface area contributed by atoms with Crippen LogP contribution in [0, 0.1) is 17.8 Å². The minimum absolute atomic E-state index is 0. The lowest BCUT2D eigenvalue weighted by molar-refractivity contribution is -1.05. The van der Waals surface area contributed by atoms with Crippen molar-refractivity contribution in [2.24, 2.45) is 17.8 Å². The molecule has 1 aliphatic carbocycles. The van der Waals surface area contributed by atoms with E-state index >= 15 is 0 Å². The lowest BCUT2D eigenvalue weighted by atomic mass is 9.60. The molecule has 8 rings (SSSR count). The van der Waals surface area contributed by atoms with Crippen molar-refractivity contribution in [2.75, 3.05) is 19.1 Å². The van der Waals surface area contributed by atoms with Crippen molar-refractivity contribution in [3.8, 4) is 0 Å². The Morgan fingerprint density at radius 1 is 1.23 bits per heavy atom. The molecule has 0 radical (unpaired) electrons. The van der Waals surface area contributed by atoms with Crippen LogP contribution in [0.4, 0.5) is 5.69 Å². The highest BCUT2D eigenvalue weighted by molar-refractivity contribution is 5.86. The first-order valence-corrected chi connectivity index (χ1v) is 12.6. The van der Waals surface area contributed by atoms with E-state index in [-0.39, 0.29) is 53.5 Å². The number of hydrogen-bond acceptors (Lipinski definition) is 6. The van der Waals surface area contributed by atoms with Gasteiger partial charge in [0.1, 0.15) is 12.6 Å². The second kappa shape index (κ2) is 7.48. The zero-order chi connectivity index (χ0) is 23.6. The van der Waals surface area contributed by atoms with Crippen LogP contribution >= 0.6 is 0 Å². The number of halogens is 1. The maximum atomic E-state index is 12.1. The summed E-state index contributed by atoms with van der Waals surface area (Å²) >= 11 is 0. The summed E-state index contributed by atoms with van der Waals surface area (Å²) in [6.07, 6.45) is 1.83. The van der Waals surface area contributed by atoms with Gasteiger partial charge in [-0.3, -0.25) is 4.48 Å². The fraction of sp³-hybridized carbons (Fsp3) is 0.593. The SMILES string of the molecule is CC[C@H]1[C@@H]2CC3[C@@H]4N(C)c5ccccc5C45C[C@@H](C2[C@@H]5O)[N+]3(Cc2ccc(C(=O)OC)o2)[C@@H]1O.[Cl-]. The Bertz CT molecular complexity index is 1190. The molecule has 188 valence electrons. The smallest absolute Gasteiger partial charge is 0.373 e. The molecule has 2 N–H and O–H groups in total. The molecule has 35 heavy (non-hydrogen) atoms. The van der Waals surface area contributed by atoms with E-state index in [1.54, 1.807) is 6.07 Å². The van der Waals surface area contributed by atoms with Crippen LogP contribution in [0.5, 0.6) is 0 Å². The van der Waals surface area contributed by atoms with E-state index in [0.717, 1.165) is 19.3 Å². The van der Waals surface area contributed by atoms with Gasteiger partial charge < -0.3 is 36.7 Å². The van der Waals surface area contributed by atoms with Crippen molar-refractivity contribution in [3.63, 3.8) is 0 Å².